The molecule has 0 unspecified atom stereocenters. The lowest BCUT2D eigenvalue weighted by Gasteiger charge is -2.07. The van der Waals surface area contributed by atoms with Gasteiger partial charge in [0.2, 0.25) is 15.9 Å². The van der Waals surface area contributed by atoms with E-state index in [1.54, 1.807) is 4.52 Å². The van der Waals surface area contributed by atoms with Crippen LogP contribution in [0.3, 0.4) is 0 Å². The predicted molar refractivity (Wildman–Crippen MR) is 73.9 cm³/mol. The molecule has 0 aromatic carbocycles. The number of aromatic nitrogens is 6. The highest BCUT2D eigenvalue weighted by Gasteiger charge is 2.17. The summed E-state index contributed by atoms with van der Waals surface area (Å²) < 4.78 is 3.62. The van der Waals surface area contributed by atoms with Crippen LogP contribution >= 0.6 is 11.3 Å². The van der Waals surface area contributed by atoms with Gasteiger partial charge in [-0.3, -0.25) is 4.68 Å². The first-order valence-electron chi connectivity index (χ1n) is 6.07. The van der Waals surface area contributed by atoms with E-state index in [4.69, 9.17) is 5.73 Å². The zero-order valence-electron chi connectivity index (χ0n) is 11.0. The molecule has 3 heterocycles. The van der Waals surface area contributed by atoms with Crippen molar-refractivity contribution in [1.82, 2.24) is 29.6 Å². The summed E-state index contributed by atoms with van der Waals surface area (Å²) in [5, 5.41) is 17.5. The van der Waals surface area contributed by atoms with Crippen molar-refractivity contribution < 1.29 is 0 Å². The second kappa shape index (κ2) is 4.30. The van der Waals surface area contributed by atoms with Gasteiger partial charge >= 0.3 is 0 Å². The minimum Gasteiger partial charge on any atom is -0.374 e. The van der Waals surface area contributed by atoms with Crippen LogP contribution in [0.25, 0.3) is 16.5 Å². The minimum absolute atomic E-state index is 0.484. The van der Waals surface area contributed by atoms with Gasteiger partial charge in [0.15, 0.2) is 0 Å². The molecule has 8 heteroatoms. The van der Waals surface area contributed by atoms with Gasteiger partial charge in [0.25, 0.3) is 0 Å². The van der Waals surface area contributed by atoms with E-state index < -0.39 is 0 Å². The molecule has 0 spiro atoms. The zero-order valence-corrected chi connectivity index (χ0v) is 11.8. The van der Waals surface area contributed by atoms with Crippen LogP contribution in [0.4, 0.5) is 5.13 Å². The molecule has 0 radical (unpaired) electrons. The van der Waals surface area contributed by atoms with Crippen LogP contribution in [0, 0.1) is 12.8 Å². The summed E-state index contributed by atoms with van der Waals surface area (Å²) in [5.41, 5.74) is 7.58. The summed E-state index contributed by atoms with van der Waals surface area (Å²) >= 11 is 1.32. The number of hydrogen-bond acceptors (Lipinski definition) is 6. The molecule has 3 aromatic rings. The van der Waals surface area contributed by atoms with Crippen molar-refractivity contribution in [2.24, 2.45) is 5.92 Å². The number of nitrogens with zero attached hydrogens (tertiary/aromatic N) is 6. The van der Waals surface area contributed by atoms with Crippen LogP contribution in [0.5, 0.6) is 0 Å². The summed E-state index contributed by atoms with van der Waals surface area (Å²) in [4.78, 5) is 0.697. The van der Waals surface area contributed by atoms with Gasteiger partial charge in [0, 0.05) is 6.54 Å². The molecule has 0 saturated carbocycles. The number of hydrogen-bond donors (Lipinski definition) is 1. The molecular weight excluding hydrogens is 262 g/mol. The van der Waals surface area contributed by atoms with E-state index in [0.717, 1.165) is 17.9 Å². The molecule has 0 atom stereocenters. The lowest BCUT2D eigenvalue weighted by atomic mass is 10.2. The maximum Gasteiger partial charge on any atom is 0.236 e. The van der Waals surface area contributed by atoms with Gasteiger partial charge in [-0.25, -0.2) is 0 Å². The van der Waals surface area contributed by atoms with Gasteiger partial charge < -0.3 is 5.73 Å². The van der Waals surface area contributed by atoms with Crippen LogP contribution in [-0.4, -0.2) is 29.6 Å². The van der Waals surface area contributed by atoms with Crippen LogP contribution in [0.2, 0.25) is 0 Å². The summed E-state index contributed by atoms with van der Waals surface area (Å²) in [7, 11) is 0. The average molecular weight is 277 g/mol. The van der Waals surface area contributed by atoms with Crippen LogP contribution in [-0.2, 0) is 6.54 Å². The van der Waals surface area contributed by atoms with Crippen LogP contribution in [0.15, 0.2) is 6.07 Å². The Bertz CT molecular complexity index is 721. The normalized spacial score (nSPS) is 11.8. The van der Waals surface area contributed by atoms with E-state index in [2.05, 4.69) is 34.2 Å². The van der Waals surface area contributed by atoms with Crippen LogP contribution in [0.1, 0.15) is 19.5 Å². The van der Waals surface area contributed by atoms with E-state index in [1.165, 1.54) is 11.3 Å². The molecule has 3 rings (SSSR count). The Hall–Kier alpha value is -1.96. The smallest absolute Gasteiger partial charge is 0.236 e. The lowest BCUT2D eigenvalue weighted by Crippen LogP contribution is -2.09. The number of nitrogens with two attached hydrogens (primary N) is 1. The summed E-state index contributed by atoms with van der Waals surface area (Å²) in [6, 6.07) is 1.99. The molecule has 0 saturated heterocycles. The van der Waals surface area contributed by atoms with Crippen molar-refractivity contribution in [3.05, 3.63) is 11.8 Å². The summed E-state index contributed by atoms with van der Waals surface area (Å²) in [5.74, 6) is 1.19. The van der Waals surface area contributed by atoms with Crippen molar-refractivity contribution in [3.63, 3.8) is 0 Å². The third-order valence-corrected chi connectivity index (χ3v) is 3.40. The van der Waals surface area contributed by atoms with Gasteiger partial charge in [-0.05, 0) is 18.9 Å². The fraction of sp³-hybridized carbons (Fsp3) is 0.455. The molecule has 0 aliphatic heterocycles. The fourth-order valence-corrected chi connectivity index (χ4v) is 2.61. The first kappa shape index (κ1) is 12.1. The maximum absolute atomic E-state index is 5.70. The summed E-state index contributed by atoms with van der Waals surface area (Å²) in [6.07, 6.45) is 0. The Morgan fingerprint density at radius 2 is 2.11 bits per heavy atom. The van der Waals surface area contributed by atoms with Gasteiger partial charge in [0.1, 0.15) is 5.69 Å². The second-order valence-corrected chi connectivity index (χ2v) is 5.89. The Kier molecular flexibility index (Phi) is 2.74. The number of fused-ring (bicyclic) bond motifs is 1. The fourth-order valence-electron chi connectivity index (χ4n) is 2.00. The second-order valence-electron chi connectivity index (χ2n) is 4.91. The Morgan fingerprint density at radius 3 is 2.84 bits per heavy atom. The topological polar surface area (TPSA) is 86.9 Å². The molecule has 19 heavy (non-hydrogen) atoms. The summed E-state index contributed by atoms with van der Waals surface area (Å²) in [6.45, 7) is 7.10. The van der Waals surface area contributed by atoms with E-state index in [0.29, 0.717) is 21.8 Å². The Morgan fingerprint density at radius 1 is 1.32 bits per heavy atom. The molecule has 7 nitrogen and oxygen atoms in total. The largest absolute Gasteiger partial charge is 0.374 e. The molecule has 0 aliphatic rings. The quantitative estimate of drug-likeness (QED) is 0.785. The highest BCUT2D eigenvalue weighted by Crippen LogP contribution is 2.23. The van der Waals surface area contributed by atoms with E-state index >= 15 is 0 Å². The number of aryl methyl sites for hydroxylation is 1. The number of anilines is 1. The van der Waals surface area contributed by atoms with Crippen LogP contribution < -0.4 is 5.73 Å². The molecule has 3 aromatic heterocycles. The minimum atomic E-state index is 0.484. The average Bonchev–Trinajstić information content (AvgIpc) is 2.92. The van der Waals surface area contributed by atoms with Gasteiger partial charge in [0.05, 0.1) is 5.69 Å². The molecule has 0 aliphatic carbocycles. The van der Waals surface area contributed by atoms with E-state index in [9.17, 15) is 0 Å². The van der Waals surface area contributed by atoms with E-state index in [-0.39, 0.29) is 0 Å². The monoisotopic (exact) mass is 277 g/mol. The molecule has 2 N–H and O–H groups in total. The Balaban J connectivity index is 2.15. The number of nitrogen functional groups attached to an aromatic ring is 1. The molecule has 0 fully saturated rings. The molecular formula is C11H15N7S. The first-order valence-corrected chi connectivity index (χ1v) is 6.89. The first-order chi connectivity index (χ1) is 9.04. The zero-order chi connectivity index (χ0) is 13.6. The number of rotatable bonds is 3. The molecule has 0 bridgehead atoms. The lowest BCUT2D eigenvalue weighted by molar-refractivity contribution is 0.484. The van der Waals surface area contributed by atoms with Gasteiger partial charge in [-0.2, -0.15) is 9.61 Å². The van der Waals surface area contributed by atoms with Gasteiger partial charge in [-0.15, -0.1) is 15.3 Å². The Labute approximate surface area is 114 Å². The van der Waals surface area contributed by atoms with Crippen molar-refractivity contribution in [3.8, 4) is 11.5 Å². The molecule has 100 valence electrons. The van der Waals surface area contributed by atoms with Gasteiger partial charge in [-0.1, -0.05) is 25.2 Å². The van der Waals surface area contributed by atoms with Crippen molar-refractivity contribution in [1.29, 1.82) is 0 Å². The van der Waals surface area contributed by atoms with Crippen molar-refractivity contribution in [2.45, 2.75) is 27.3 Å². The SMILES string of the molecule is Cc1cc(-c2nnc3sc(N)nn23)n(CC(C)C)n1. The third kappa shape index (κ3) is 2.07. The van der Waals surface area contributed by atoms with Crippen molar-refractivity contribution in [2.75, 3.05) is 5.73 Å². The predicted octanol–water partition coefficient (Wildman–Crippen LogP) is 1.60. The van der Waals surface area contributed by atoms with Crippen molar-refractivity contribution >= 4 is 21.4 Å². The maximum atomic E-state index is 5.70. The highest BCUT2D eigenvalue weighted by molar-refractivity contribution is 7.20. The highest BCUT2D eigenvalue weighted by atomic mass is 32.1. The standard InChI is InChI=1S/C11H15N7S/c1-6(2)5-17-8(4-7(3)15-17)9-13-14-11-18(9)16-10(12)19-11/h4,6H,5H2,1-3H3,(H2,12,16). The van der Waals surface area contributed by atoms with E-state index in [1.807, 2.05) is 17.7 Å². The molecule has 0 amide bonds. The third-order valence-electron chi connectivity index (χ3n) is 2.68.